The van der Waals surface area contributed by atoms with Crippen LogP contribution < -0.4 is 5.32 Å². The number of aromatic nitrogens is 6. The summed E-state index contributed by atoms with van der Waals surface area (Å²) in [5.74, 6) is 0.735. The third-order valence-electron chi connectivity index (χ3n) is 3.87. The standard InChI is InChI=1S/C18H17N7/c1-14(18-21-22-23-25(18)17-10-6-3-7-11-17)20-15-12-19-24(13-15)16-8-4-2-5-9-16/h2-14,20H,1H3. The van der Waals surface area contributed by atoms with Crippen molar-refractivity contribution in [3.05, 3.63) is 78.9 Å². The minimum atomic E-state index is -0.0800. The molecule has 124 valence electrons. The van der Waals surface area contributed by atoms with E-state index < -0.39 is 0 Å². The van der Waals surface area contributed by atoms with Crippen molar-refractivity contribution in [3.8, 4) is 11.4 Å². The number of nitrogens with zero attached hydrogens (tertiary/aromatic N) is 6. The molecule has 4 aromatic rings. The van der Waals surface area contributed by atoms with E-state index in [1.54, 1.807) is 10.9 Å². The van der Waals surface area contributed by atoms with Gasteiger partial charge in [0.25, 0.3) is 0 Å². The molecule has 0 aliphatic carbocycles. The van der Waals surface area contributed by atoms with Gasteiger partial charge in [0, 0.05) is 0 Å². The predicted octanol–water partition coefficient (Wildman–Crippen LogP) is 3.02. The first kappa shape index (κ1) is 15.1. The van der Waals surface area contributed by atoms with Gasteiger partial charge in [0.15, 0.2) is 5.82 Å². The van der Waals surface area contributed by atoms with Gasteiger partial charge in [-0.3, -0.25) is 0 Å². The van der Waals surface area contributed by atoms with Crippen molar-refractivity contribution >= 4 is 5.69 Å². The van der Waals surface area contributed by atoms with Crippen LogP contribution in [0.4, 0.5) is 5.69 Å². The third-order valence-corrected chi connectivity index (χ3v) is 3.87. The summed E-state index contributed by atoms with van der Waals surface area (Å²) in [5, 5.41) is 19.9. The molecule has 25 heavy (non-hydrogen) atoms. The van der Waals surface area contributed by atoms with Crippen molar-refractivity contribution in [3.63, 3.8) is 0 Å². The number of hydrogen-bond acceptors (Lipinski definition) is 5. The van der Waals surface area contributed by atoms with E-state index in [-0.39, 0.29) is 6.04 Å². The van der Waals surface area contributed by atoms with Gasteiger partial charge in [-0.2, -0.15) is 9.78 Å². The third kappa shape index (κ3) is 3.12. The smallest absolute Gasteiger partial charge is 0.178 e. The monoisotopic (exact) mass is 331 g/mol. The van der Waals surface area contributed by atoms with Crippen LogP contribution in [-0.4, -0.2) is 30.0 Å². The predicted molar refractivity (Wildman–Crippen MR) is 94.8 cm³/mol. The second kappa shape index (κ2) is 6.56. The highest BCUT2D eigenvalue weighted by Crippen LogP contribution is 2.20. The number of tetrazole rings is 1. The fraction of sp³-hybridized carbons (Fsp3) is 0.111. The molecule has 2 aromatic carbocycles. The summed E-state index contributed by atoms with van der Waals surface area (Å²) in [6, 6.07) is 19.7. The molecule has 1 atom stereocenters. The van der Waals surface area contributed by atoms with Gasteiger partial charge in [-0.1, -0.05) is 36.4 Å². The summed E-state index contributed by atoms with van der Waals surface area (Å²) in [5.41, 5.74) is 2.84. The molecule has 0 aliphatic heterocycles. The van der Waals surface area contributed by atoms with Gasteiger partial charge >= 0.3 is 0 Å². The van der Waals surface area contributed by atoms with Crippen LogP contribution in [0.15, 0.2) is 73.1 Å². The van der Waals surface area contributed by atoms with E-state index in [9.17, 15) is 0 Å². The van der Waals surface area contributed by atoms with Crippen LogP contribution in [0.25, 0.3) is 11.4 Å². The normalized spacial score (nSPS) is 12.0. The topological polar surface area (TPSA) is 73.5 Å². The summed E-state index contributed by atoms with van der Waals surface area (Å²) >= 11 is 0. The minimum Gasteiger partial charge on any atom is -0.373 e. The lowest BCUT2D eigenvalue weighted by Gasteiger charge is -2.13. The Labute approximate surface area is 144 Å². The van der Waals surface area contributed by atoms with E-state index in [1.165, 1.54) is 0 Å². The Morgan fingerprint density at radius 1 is 0.920 bits per heavy atom. The van der Waals surface area contributed by atoms with Gasteiger partial charge in [-0.05, 0) is 41.6 Å². The fourth-order valence-corrected chi connectivity index (χ4v) is 2.65. The molecule has 0 fully saturated rings. The molecule has 2 aromatic heterocycles. The quantitative estimate of drug-likeness (QED) is 0.608. The van der Waals surface area contributed by atoms with Gasteiger partial charge in [-0.25, -0.2) is 4.68 Å². The Hall–Kier alpha value is -3.48. The molecule has 7 nitrogen and oxygen atoms in total. The summed E-state index contributed by atoms with van der Waals surface area (Å²) < 4.78 is 3.56. The molecule has 1 unspecified atom stereocenters. The van der Waals surface area contributed by atoms with Crippen molar-refractivity contribution in [1.82, 2.24) is 30.0 Å². The Morgan fingerprint density at radius 3 is 2.32 bits per heavy atom. The van der Waals surface area contributed by atoms with Crippen molar-refractivity contribution in [2.75, 3.05) is 5.32 Å². The van der Waals surface area contributed by atoms with Gasteiger partial charge in [-0.15, -0.1) is 5.10 Å². The maximum Gasteiger partial charge on any atom is 0.178 e. The molecule has 1 N–H and O–H groups in total. The van der Waals surface area contributed by atoms with Gasteiger partial charge < -0.3 is 5.32 Å². The maximum absolute atomic E-state index is 4.40. The van der Waals surface area contributed by atoms with Crippen LogP contribution in [0.3, 0.4) is 0 Å². The average Bonchev–Trinajstić information content (AvgIpc) is 3.33. The van der Waals surface area contributed by atoms with Crippen molar-refractivity contribution < 1.29 is 0 Å². The van der Waals surface area contributed by atoms with Crippen LogP contribution in [0, 0.1) is 0 Å². The van der Waals surface area contributed by atoms with Crippen molar-refractivity contribution in [2.45, 2.75) is 13.0 Å². The lowest BCUT2D eigenvalue weighted by atomic mass is 10.2. The van der Waals surface area contributed by atoms with Gasteiger partial charge in [0.05, 0.1) is 35.5 Å². The molecule has 0 amide bonds. The van der Waals surface area contributed by atoms with Gasteiger partial charge in [0.1, 0.15) is 0 Å². The fourth-order valence-electron chi connectivity index (χ4n) is 2.65. The highest BCUT2D eigenvalue weighted by atomic mass is 15.5. The number of hydrogen-bond donors (Lipinski definition) is 1. The molecule has 2 heterocycles. The van der Waals surface area contributed by atoms with Crippen LogP contribution in [0.5, 0.6) is 0 Å². The maximum atomic E-state index is 4.40. The zero-order chi connectivity index (χ0) is 17.1. The van der Waals surface area contributed by atoms with E-state index in [0.717, 1.165) is 22.9 Å². The average molecular weight is 331 g/mol. The van der Waals surface area contributed by atoms with Crippen LogP contribution in [0.1, 0.15) is 18.8 Å². The molecule has 0 saturated carbocycles. The van der Waals surface area contributed by atoms with Crippen molar-refractivity contribution in [2.24, 2.45) is 0 Å². The molecular weight excluding hydrogens is 314 g/mol. The number of rotatable bonds is 5. The lowest BCUT2D eigenvalue weighted by Crippen LogP contribution is -2.13. The number of benzene rings is 2. The zero-order valence-electron chi connectivity index (χ0n) is 13.7. The van der Waals surface area contributed by atoms with E-state index in [1.807, 2.05) is 78.5 Å². The second-order valence-electron chi connectivity index (χ2n) is 5.66. The first-order valence-electron chi connectivity index (χ1n) is 8.01. The van der Waals surface area contributed by atoms with Crippen LogP contribution >= 0.6 is 0 Å². The molecule has 0 saturated heterocycles. The molecule has 4 rings (SSSR count). The molecule has 7 heteroatoms. The van der Waals surface area contributed by atoms with E-state index in [2.05, 4.69) is 25.9 Å². The van der Waals surface area contributed by atoms with E-state index in [0.29, 0.717) is 0 Å². The summed E-state index contributed by atoms with van der Waals surface area (Å²) in [4.78, 5) is 0. The summed E-state index contributed by atoms with van der Waals surface area (Å²) in [6.07, 6.45) is 3.74. The number of nitrogens with one attached hydrogen (secondary N) is 1. The Morgan fingerprint density at radius 2 is 1.60 bits per heavy atom. The molecule has 0 bridgehead atoms. The first-order valence-corrected chi connectivity index (χ1v) is 8.01. The van der Waals surface area contributed by atoms with Crippen LogP contribution in [0.2, 0.25) is 0 Å². The highest BCUT2D eigenvalue weighted by molar-refractivity contribution is 5.44. The Bertz CT molecular complexity index is 944. The number of para-hydroxylation sites is 2. The molecule has 0 aliphatic rings. The Balaban J connectivity index is 1.55. The molecular formula is C18H17N7. The highest BCUT2D eigenvalue weighted by Gasteiger charge is 2.16. The minimum absolute atomic E-state index is 0.0800. The van der Waals surface area contributed by atoms with Crippen molar-refractivity contribution in [1.29, 1.82) is 0 Å². The zero-order valence-corrected chi connectivity index (χ0v) is 13.7. The van der Waals surface area contributed by atoms with E-state index >= 15 is 0 Å². The summed E-state index contributed by atoms with van der Waals surface area (Å²) in [6.45, 7) is 2.02. The van der Waals surface area contributed by atoms with E-state index in [4.69, 9.17) is 0 Å². The SMILES string of the molecule is CC(Nc1cnn(-c2ccccc2)c1)c1nnnn1-c1ccccc1. The number of anilines is 1. The molecule has 0 radical (unpaired) electrons. The van der Waals surface area contributed by atoms with Crippen LogP contribution in [-0.2, 0) is 0 Å². The Kier molecular flexibility index (Phi) is 3.96. The molecule has 0 spiro atoms. The largest absolute Gasteiger partial charge is 0.373 e. The first-order chi connectivity index (χ1) is 12.3. The van der Waals surface area contributed by atoms with Gasteiger partial charge in [0.2, 0.25) is 0 Å². The second-order valence-corrected chi connectivity index (χ2v) is 5.66. The summed E-state index contributed by atoms with van der Waals surface area (Å²) in [7, 11) is 0. The lowest BCUT2D eigenvalue weighted by molar-refractivity contribution is 0.718.